The second-order valence-electron chi connectivity index (χ2n) is 16.2. The number of fused-ring (bicyclic) bond motifs is 1. The molecule has 5 N–H and O–H groups in total. The Morgan fingerprint density at radius 1 is 0.953 bits per heavy atom. The van der Waals surface area contributed by atoms with E-state index in [1.54, 1.807) is 25.3 Å². The van der Waals surface area contributed by atoms with Crippen molar-refractivity contribution in [1.29, 1.82) is 0 Å². The molecule has 4 aromatic carbocycles. The molecule has 1 aliphatic heterocycles. The highest BCUT2D eigenvalue weighted by Gasteiger charge is 2.64. The summed E-state index contributed by atoms with van der Waals surface area (Å²) in [5, 5.41) is 29.3. The van der Waals surface area contributed by atoms with Crippen LogP contribution in [0.15, 0.2) is 126 Å². The fourth-order valence-corrected chi connectivity index (χ4v) is 9.79. The van der Waals surface area contributed by atoms with Crippen molar-refractivity contribution in [3.8, 4) is 11.5 Å². The Kier molecular flexibility index (Phi) is 12.8. The number of carbonyl (C=O) groups is 1. The molecule has 1 saturated heterocycles. The summed E-state index contributed by atoms with van der Waals surface area (Å²) < 4.78 is 60.8. The number of hydrogen-bond acceptors (Lipinski definition) is 13. The van der Waals surface area contributed by atoms with E-state index in [4.69, 9.17) is 28.2 Å². The van der Waals surface area contributed by atoms with Gasteiger partial charge in [-0.15, -0.1) is 0 Å². The van der Waals surface area contributed by atoms with E-state index in [0.717, 1.165) is 53.8 Å². The predicted molar refractivity (Wildman–Crippen MR) is 234 cm³/mol. The summed E-state index contributed by atoms with van der Waals surface area (Å²) >= 11 is 0. The lowest BCUT2D eigenvalue weighted by atomic mass is 9.77. The fraction of sp³-hybridized carbons (Fsp3) is 0.348. The molecule has 0 spiro atoms. The van der Waals surface area contributed by atoms with E-state index in [0.29, 0.717) is 18.6 Å². The summed E-state index contributed by atoms with van der Waals surface area (Å²) in [7, 11) is -3.09. The summed E-state index contributed by atoms with van der Waals surface area (Å²) in [4.78, 5) is 38.7. The Hall–Kier alpha value is -5.94. The molecule has 8 rings (SSSR count). The summed E-state index contributed by atoms with van der Waals surface area (Å²) in [5.74, 6) is -3.29. The van der Waals surface area contributed by atoms with Gasteiger partial charge in [-0.1, -0.05) is 97.4 Å². The van der Waals surface area contributed by atoms with Gasteiger partial charge in [0.05, 0.1) is 13.4 Å². The largest absolute Gasteiger partial charge is 0.497 e. The minimum absolute atomic E-state index is 0.0305. The van der Waals surface area contributed by atoms with Crippen molar-refractivity contribution in [2.75, 3.05) is 19.0 Å². The zero-order valence-electron chi connectivity index (χ0n) is 35.4. The van der Waals surface area contributed by atoms with E-state index in [-0.39, 0.29) is 29.0 Å². The topological polar surface area (TPSA) is 208 Å². The summed E-state index contributed by atoms with van der Waals surface area (Å²) in [6.45, 7) is 1.28. The summed E-state index contributed by atoms with van der Waals surface area (Å²) in [5.41, 5.74) is -2.27. The second kappa shape index (κ2) is 18.3. The summed E-state index contributed by atoms with van der Waals surface area (Å²) in [6, 6.07) is 33.1. The molecule has 2 fully saturated rings. The molecule has 6 atom stereocenters. The van der Waals surface area contributed by atoms with E-state index in [1.807, 2.05) is 84.9 Å². The van der Waals surface area contributed by atoms with Gasteiger partial charge in [0.15, 0.2) is 17.4 Å². The third kappa shape index (κ3) is 8.92. The predicted octanol–water partition coefficient (Wildman–Crippen LogP) is 6.90. The molecule has 0 radical (unpaired) electrons. The lowest BCUT2D eigenvalue weighted by Gasteiger charge is -2.37. The number of imidazole rings is 1. The molecule has 2 unspecified atom stereocenters. The number of para-hydroxylation sites is 1. The maximum atomic E-state index is 17.1. The molecule has 2 aromatic heterocycles. The molecule has 2 aliphatic rings. The number of esters is 1. The molecule has 6 aromatic rings. The van der Waals surface area contributed by atoms with Gasteiger partial charge in [0, 0.05) is 0 Å². The van der Waals surface area contributed by atoms with Crippen LogP contribution in [0.2, 0.25) is 0 Å². The number of benzene rings is 4. The smallest absolute Gasteiger partial charge is 0.459 e. The van der Waals surface area contributed by atoms with Gasteiger partial charge in [0.2, 0.25) is 5.95 Å². The van der Waals surface area contributed by atoms with Crippen LogP contribution in [0.25, 0.3) is 11.2 Å². The number of aliphatic hydroxyl groups excluding tert-OH is 1. The number of aromatic nitrogens is 4. The van der Waals surface area contributed by atoms with Crippen LogP contribution in [0.5, 0.6) is 11.5 Å². The molecule has 0 amide bonds. The van der Waals surface area contributed by atoms with Gasteiger partial charge in [0.1, 0.15) is 47.5 Å². The van der Waals surface area contributed by atoms with Crippen molar-refractivity contribution in [3.05, 3.63) is 149 Å². The quantitative estimate of drug-likeness (QED) is 0.0381. The van der Waals surface area contributed by atoms with E-state index >= 15 is 4.39 Å². The minimum atomic E-state index is -4.66. The van der Waals surface area contributed by atoms with E-state index in [2.05, 4.69) is 20.4 Å². The Bertz CT molecular complexity index is 2610. The molecular weight excluding hydrogens is 847 g/mol. The van der Waals surface area contributed by atoms with Crippen LogP contribution in [0.3, 0.4) is 0 Å². The number of alkyl halides is 1. The van der Waals surface area contributed by atoms with Crippen LogP contribution in [0, 0.1) is 0 Å². The normalized spacial score (nSPS) is 23.0. The number of anilines is 1. The molecule has 0 bridgehead atoms. The lowest BCUT2D eigenvalue weighted by Crippen LogP contribution is -2.49. The number of H-pyrrole nitrogens is 1. The number of carbonyl (C=O) groups excluding carboxylic acids is 1. The zero-order valence-corrected chi connectivity index (χ0v) is 36.3. The van der Waals surface area contributed by atoms with E-state index < -0.39 is 61.3 Å². The van der Waals surface area contributed by atoms with Crippen LogP contribution in [0.4, 0.5) is 10.3 Å². The van der Waals surface area contributed by atoms with Gasteiger partial charge in [-0.25, -0.2) is 13.9 Å². The number of halogens is 1. The van der Waals surface area contributed by atoms with Gasteiger partial charge >= 0.3 is 13.7 Å². The number of methoxy groups -OCH3 is 1. The van der Waals surface area contributed by atoms with Crippen molar-refractivity contribution in [1.82, 2.24) is 24.6 Å². The Balaban J connectivity index is 1.11. The van der Waals surface area contributed by atoms with Crippen molar-refractivity contribution >= 4 is 30.8 Å². The number of rotatable bonds is 16. The van der Waals surface area contributed by atoms with Crippen molar-refractivity contribution in [2.24, 2.45) is 0 Å². The fourth-order valence-electron chi connectivity index (χ4n) is 8.28. The number of hydrogen-bond donors (Lipinski definition) is 5. The maximum Gasteiger partial charge on any atom is 0.459 e. The Morgan fingerprint density at radius 2 is 1.55 bits per heavy atom. The lowest BCUT2D eigenvalue weighted by molar-refractivity contribution is -0.202. The van der Waals surface area contributed by atoms with Crippen molar-refractivity contribution < 1.29 is 47.2 Å². The highest BCUT2D eigenvalue weighted by Crippen LogP contribution is 2.51. The Labute approximate surface area is 368 Å². The average Bonchev–Trinajstić information content (AvgIpc) is 3.81. The molecule has 16 nitrogen and oxygen atoms in total. The van der Waals surface area contributed by atoms with Gasteiger partial charge in [-0.05, 0) is 80.5 Å². The third-order valence-corrected chi connectivity index (χ3v) is 13.3. The van der Waals surface area contributed by atoms with Crippen LogP contribution in [-0.4, -0.2) is 79.1 Å². The minimum Gasteiger partial charge on any atom is -0.497 e. The van der Waals surface area contributed by atoms with Crippen molar-refractivity contribution in [3.63, 3.8) is 0 Å². The zero-order chi connectivity index (χ0) is 45.1. The molecular formula is C46H50FN6O10P. The third-order valence-electron chi connectivity index (χ3n) is 11.6. The maximum absolute atomic E-state index is 17.1. The standard InChI is InChI=1S/C46H50FN6O10P/c1-30(40(55)61-35-20-12-6-13-21-35)52-64(58,63-36-22-14-7-15-23-36)60-28-45(47)41(56)44(2,57)42(62-45)53-29-48-37-38(53)49-43(50-39(37)54)51-46(31-16-8-4-9-17-31,32-18-10-5-11-19-32)33-24-26-34(59-3)27-25-33/h4-5,7-11,14-19,22-27,29-30,35,41-42,56-57H,6,12-13,20-21,28H2,1-3H3,(H,52,58)(H2,49,50,51,54)/t30-,41-,42?,44+,45+,64?/m0/s1. The van der Waals surface area contributed by atoms with Gasteiger partial charge < -0.3 is 34.3 Å². The number of nitrogens with one attached hydrogen (secondary N) is 3. The highest BCUT2D eigenvalue weighted by atomic mass is 31.2. The average molecular weight is 897 g/mol. The van der Waals surface area contributed by atoms with Crippen LogP contribution in [-0.2, 0) is 28.9 Å². The first kappa shape index (κ1) is 44.7. The molecule has 18 heteroatoms. The van der Waals surface area contributed by atoms with Crippen molar-refractivity contribution in [2.45, 2.75) is 87.4 Å². The number of ether oxygens (including phenoxy) is 3. The molecule has 64 heavy (non-hydrogen) atoms. The summed E-state index contributed by atoms with van der Waals surface area (Å²) in [6.07, 6.45) is 1.00. The van der Waals surface area contributed by atoms with Gasteiger partial charge in [0.25, 0.3) is 11.4 Å². The van der Waals surface area contributed by atoms with Gasteiger partial charge in [-0.3, -0.25) is 23.7 Å². The molecule has 1 saturated carbocycles. The molecule has 336 valence electrons. The molecule has 3 heterocycles. The van der Waals surface area contributed by atoms with Crippen LogP contribution >= 0.6 is 7.75 Å². The van der Waals surface area contributed by atoms with E-state index in [9.17, 15) is 24.4 Å². The van der Waals surface area contributed by atoms with Crippen LogP contribution in [0.1, 0.15) is 68.9 Å². The van der Waals surface area contributed by atoms with E-state index in [1.165, 1.54) is 19.1 Å². The molecule has 1 aliphatic carbocycles. The first-order chi connectivity index (χ1) is 30.7. The SMILES string of the molecule is COc1ccc(C(Nc2nc3c(ncn3C3O[C@](F)(COP(=O)(N[C@@H](C)C(=O)OC4CCCCC4)Oc4ccccc4)[C@@H](O)[C@@]3(C)O)c(=O)[nH]2)(c2ccccc2)c2ccccc2)cc1. The highest BCUT2D eigenvalue weighted by molar-refractivity contribution is 7.52. The Morgan fingerprint density at radius 3 is 2.16 bits per heavy atom. The number of aliphatic hydroxyl groups is 2. The first-order valence-electron chi connectivity index (χ1n) is 21.0. The monoisotopic (exact) mass is 896 g/mol. The first-order valence-corrected chi connectivity index (χ1v) is 22.5. The second-order valence-corrected chi connectivity index (χ2v) is 17.9. The number of aromatic amines is 1. The number of nitrogens with zero attached hydrogens (tertiary/aromatic N) is 3. The van der Waals surface area contributed by atoms with Crippen LogP contribution < -0.4 is 25.2 Å². The van der Waals surface area contributed by atoms with Gasteiger partial charge in [-0.2, -0.15) is 10.1 Å².